The first-order valence-electron chi connectivity index (χ1n) is 10.6. The van der Waals surface area contributed by atoms with Crippen LogP contribution in [0.1, 0.15) is 37.4 Å². The Bertz CT molecular complexity index is 647. The van der Waals surface area contributed by atoms with E-state index in [-0.39, 0.29) is 30.0 Å². The van der Waals surface area contributed by atoms with E-state index in [1.54, 1.807) is 0 Å². The summed E-state index contributed by atoms with van der Waals surface area (Å²) >= 11 is 0. The largest absolute Gasteiger partial charge is 0.416 e. The van der Waals surface area contributed by atoms with Gasteiger partial charge in [-0.05, 0) is 43.8 Å². The molecule has 6 nitrogen and oxygen atoms in total. The van der Waals surface area contributed by atoms with Gasteiger partial charge in [0, 0.05) is 19.6 Å². The topological polar surface area (TPSA) is 66.1 Å². The molecular weight excluding hydrogens is 522 g/mol. The molecule has 3 N–H and O–H groups in total. The average molecular weight is 557 g/mol. The Morgan fingerprint density at radius 2 is 1.81 bits per heavy atom. The third-order valence-corrected chi connectivity index (χ3v) is 5.37. The maximum Gasteiger partial charge on any atom is 0.416 e. The lowest BCUT2D eigenvalue weighted by atomic mass is 10.0. The fourth-order valence-corrected chi connectivity index (χ4v) is 3.57. The summed E-state index contributed by atoms with van der Waals surface area (Å²) in [6.45, 7) is 11.2. The van der Waals surface area contributed by atoms with Crippen molar-refractivity contribution < 1.29 is 17.9 Å². The van der Waals surface area contributed by atoms with Crippen molar-refractivity contribution in [2.45, 2.75) is 32.5 Å². The van der Waals surface area contributed by atoms with Crippen molar-refractivity contribution in [2.24, 2.45) is 10.7 Å². The molecule has 31 heavy (non-hydrogen) atoms. The van der Waals surface area contributed by atoms with E-state index in [0.717, 1.165) is 76.6 Å². The second-order valence-electron chi connectivity index (χ2n) is 7.32. The molecule has 0 saturated carbocycles. The zero-order valence-corrected chi connectivity index (χ0v) is 20.7. The van der Waals surface area contributed by atoms with Gasteiger partial charge in [0.15, 0.2) is 5.96 Å². The smallest absolute Gasteiger partial charge is 0.379 e. The Kier molecular flexibility index (Phi) is 12.7. The average Bonchev–Trinajstić information content (AvgIpc) is 2.74. The molecule has 1 saturated heterocycles. The number of likely N-dealkylation sites (N-methyl/N-ethyl adjacent to an activating group) is 1. The van der Waals surface area contributed by atoms with Crippen molar-refractivity contribution in [2.75, 3.05) is 59.0 Å². The Labute approximate surface area is 200 Å². The van der Waals surface area contributed by atoms with Gasteiger partial charge in [-0.3, -0.25) is 14.8 Å². The molecule has 0 aromatic heterocycles. The number of nitrogens with two attached hydrogens (primary N) is 1. The molecule has 0 aliphatic carbocycles. The summed E-state index contributed by atoms with van der Waals surface area (Å²) in [5.74, 6) is 0.362. The number of benzene rings is 1. The van der Waals surface area contributed by atoms with Crippen molar-refractivity contribution in [1.29, 1.82) is 0 Å². The summed E-state index contributed by atoms with van der Waals surface area (Å²) in [5, 5.41) is 3.14. The third kappa shape index (κ3) is 9.50. The number of halogens is 4. The minimum atomic E-state index is -4.34. The summed E-state index contributed by atoms with van der Waals surface area (Å²) in [6.07, 6.45) is -3.38. The molecule has 0 spiro atoms. The molecule has 1 atom stereocenters. The number of nitrogens with one attached hydrogen (secondary N) is 1. The summed E-state index contributed by atoms with van der Waals surface area (Å²) in [7, 11) is 0. The van der Waals surface area contributed by atoms with Crippen LogP contribution in [0.3, 0.4) is 0 Å². The zero-order valence-electron chi connectivity index (χ0n) is 18.3. The molecule has 1 aliphatic heterocycles. The summed E-state index contributed by atoms with van der Waals surface area (Å²) in [4.78, 5) is 8.98. The second-order valence-corrected chi connectivity index (χ2v) is 7.32. The molecule has 1 aliphatic rings. The minimum Gasteiger partial charge on any atom is -0.379 e. The molecular formula is C21H35F3IN5O. The molecule has 1 aromatic carbocycles. The van der Waals surface area contributed by atoms with E-state index in [1.165, 1.54) is 12.1 Å². The highest BCUT2D eigenvalue weighted by Gasteiger charge is 2.30. The van der Waals surface area contributed by atoms with Crippen LogP contribution in [0.4, 0.5) is 13.2 Å². The lowest BCUT2D eigenvalue weighted by Gasteiger charge is -2.29. The highest BCUT2D eigenvalue weighted by molar-refractivity contribution is 14.0. The van der Waals surface area contributed by atoms with Gasteiger partial charge in [-0.15, -0.1) is 24.0 Å². The standard InChI is InChI=1S/C21H34F3N5O.HI/c1-3-29(4-2)19(17-6-8-18(9-7-17)21(22,23)24)16-27-20(25)26-10-5-11-28-12-14-30-15-13-28;/h6-9,19H,3-5,10-16H2,1-2H3,(H3,25,26,27);1H. The first kappa shape index (κ1) is 27.9. The van der Waals surface area contributed by atoms with Crippen molar-refractivity contribution in [3.8, 4) is 0 Å². The SMILES string of the molecule is CCN(CC)C(CN=C(N)NCCCN1CCOCC1)c1ccc(C(F)(F)F)cc1.I. The van der Waals surface area contributed by atoms with Gasteiger partial charge in [-0.25, -0.2) is 0 Å². The Balaban J connectivity index is 0.00000480. The van der Waals surface area contributed by atoms with Crippen LogP contribution in [0, 0.1) is 0 Å². The van der Waals surface area contributed by atoms with Gasteiger partial charge in [0.05, 0.1) is 31.4 Å². The lowest BCUT2D eigenvalue weighted by Crippen LogP contribution is -2.39. The molecule has 1 unspecified atom stereocenters. The van der Waals surface area contributed by atoms with Crippen LogP contribution in [0.5, 0.6) is 0 Å². The zero-order chi connectivity index (χ0) is 22.0. The molecule has 0 radical (unpaired) electrons. The van der Waals surface area contributed by atoms with Crippen LogP contribution in [-0.4, -0.2) is 74.8 Å². The summed E-state index contributed by atoms with van der Waals surface area (Å²) in [6, 6.07) is 5.20. The van der Waals surface area contributed by atoms with Crippen LogP contribution in [0.25, 0.3) is 0 Å². The van der Waals surface area contributed by atoms with E-state index >= 15 is 0 Å². The van der Waals surface area contributed by atoms with E-state index in [2.05, 4.69) is 20.1 Å². The van der Waals surface area contributed by atoms with Crippen LogP contribution < -0.4 is 11.1 Å². The number of rotatable bonds is 10. The van der Waals surface area contributed by atoms with Crippen LogP contribution >= 0.6 is 24.0 Å². The van der Waals surface area contributed by atoms with E-state index in [1.807, 2.05) is 13.8 Å². The van der Waals surface area contributed by atoms with Crippen molar-refractivity contribution in [3.63, 3.8) is 0 Å². The molecule has 0 amide bonds. The van der Waals surface area contributed by atoms with Gasteiger partial charge >= 0.3 is 6.18 Å². The van der Waals surface area contributed by atoms with Crippen molar-refractivity contribution >= 4 is 29.9 Å². The molecule has 1 fully saturated rings. The monoisotopic (exact) mass is 557 g/mol. The lowest BCUT2D eigenvalue weighted by molar-refractivity contribution is -0.137. The number of morpholine rings is 1. The molecule has 1 aromatic rings. The van der Waals surface area contributed by atoms with E-state index in [4.69, 9.17) is 10.5 Å². The normalized spacial score (nSPS) is 16.8. The van der Waals surface area contributed by atoms with Crippen molar-refractivity contribution in [3.05, 3.63) is 35.4 Å². The van der Waals surface area contributed by atoms with Gasteiger partial charge in [-0.1, -0.05) is 26.0 Å². The number of alkyl halides is 3. The number of nitrogens with zero attached hydrogens (tertiary/aromatic N) is 3. The highest BCUT2D eigenvalue weighted by atomic mass is 127. The summed E-state index contributed by atoms with van der Waals surface area (Å²) < 4.78 is 43.9. The van der Waals surface area contributed by atoms with Gasteiger partial charge in [0.2, 0.25) is 0 Å². The number of aliphatic imine (C=N–C) groups is 1. The molecule has 2 rings (SSSR count). The molecule has 178 valence electrons. The quantitative estimate of drug-likeness (QED) is 0.200. The van der Waals surface area contributed by atoms with Gasteiger partial charge in [-0.2, -0.15) is 13.2 Å². The van der Waals surface area contributed by atoms with Gasteiger partial charge in [0.25, 0.3) is 0 Å². The maximum absolute atomic E-state index is 12.9. The third-order valence-electron chi connectivity index (χ3n) is 5.37. The number of guanidine groups is 1. The van der Waals surface area contributed by atoms with Gasteiger partial charge < -0.3 is 15.8 Å². The van der Waals surface area contributed by atoms with Crippen LogP contribution in [-0.2, 0) is 10.9 Å². The second kappa shape index (κ2) is 14.1. The fraction of sp³-hybridized carbons (Fsp3) is 0.667. The predicted octanol–water partition coefficient (Wildman–Crippen LogP) is 3.33. The van der Waals surface area contributed by atoms with E-state index in [9.17, 15) is 13.2 Å². The number of hydrogen-bond donors (Lipinski definition) is 2. The predicted molar refractivity (Wildman–Crippen MR) is 129 cm³/mol. The molecule has 0 bridgehead atoms. The van der Waals surface area contributed by atoms with Crippen LogP contribution in [0.2, 0.25) is 0 Å². The molecule has 10 heteroatoms. The fourth-order valence-electron chi connectivity index (χ4n) is 3.57. The van der Waals surface area contributed by atoms with Crippen molar-refractivity contribution in [1.82, 2.24) is 15.1 Å². The van der Waals surface area contributed by atoms with Gasteiger partial charge in [0.1, 0.15) is 0 Å². The molecule has 1 heterocycles. The Morgan fingerprint density at radius 1 is 1.19 bits per heavy atom. The Morgan fingerprint density at radius 3 is 2.35 bits per heavy atom. The summed E-state index contributed by atoms with van der Waals surface area (Å²) in [5.41, 5.74) is 6.18. The van der Waals surface area contributed by atoms with E-state index in [0.29, 0.717) is 12.5 Å². The maximum atomic E-state index is 12.9. The first-order valence-corrected chi connectivity index (χ1v) is 10.6. The minimum absolute atomic E-state index is 0. The number of hydrogen-bond acceptors (Lipinski definition) is 4. The van der Waals surface area contributed by atoms with E-state index < -0.39 is 11.7 Å². The van der Waals surface area contributed by atoms with Crippen LogP contribution in [0.15, 0.2) is 29.3 Å². The Hall–Kier alpha value is -1.11. The first-order chi connectivity index (χ1) is 14.3. The highest BCUT2D eigenvalue weighted by Crippen LogP contribution is 2.31. The number of ether oxygens (including phenoxy) is 1.